The predicted octanol–water partition coefficient (Wildman–Crippen LogP) is 2.02. The molecule has 78 valence electrons. The van der Waals surface area contributed by atoms with E-state index >= 15 is 0 Å². The highest BCUT2D eigenvalue weighted by Crippen LogP contribution is 1.98. The van der Waals surface area contributed by atoms with Gasteiger partial charge in [-0.15, -0.1) is 0 Å². The van der Waals surface area contributed by atoms with Gasteiger partial charge in [0, 0.05) is 6.42 Å². The van der Waals surface area contributed by atoms with Crippen LogP contribution in [0.4, 0.5) is 0 Å². The van der Waals surface area contributed by atoms with Crippen LogP contribution in [0.1, 0.15) is 45.4 Å². The maximum atomic E-state index is 10.2. The van der Waals surface area contributed by atoms with Gasteiger partial charge in [0.1, 0.15) is 0 Å². The van der Waals surface area contributed by atoms with Crippen LogP contribution in [0.5, 0.6) is 0 Å². The van der Waals surface area contributed by atoms with Crippen LogP contribution in [-0.4, -0.2) is 24.2 Å². The molecule has 0 rings (SSSR count). The molecule has 3 nitrogen and oxygen atoms in total. The Morgan fingerprint density at radius 2 is 1.85 bits per heavy atom. The third-order valence-corrected chi connectivity index (χ3v) is 1.95. The quantitative estimate of drug-likeness (QED) is 0.543. The number of carboxylic acids is 1. The van der Waals surface area contributed by atoms with Crippen LogP contribution in [-0.2, 0) is 4.79 Å². The molecule has 0 radical (unpaired) electrons. The molecule has 0 aliphatic rings. The van der Waals surface area contributed by atoms with E-state index in [1.165, 1.54) is 12.8 Å². The summed E-state index contributed by atoms with van der Waals surface area (Å²) in [6.07, 6.45) is 5.70. The number of hydrogen-bond donors (Lipinski definition) is 2. The van der Waals surface area contributed by atoms with E-state index in [0.717, 1.165) is 32.4 Å². The minimum atomic E-state index is -0.682. The molecule has 0 aliphatic carbocycles. The zero-order chi connectivity index (χ0) is 9.94. The number of rotatable bonds is 9. The van der Waals surface area contributed by atoms with E-state index in [0.29, 0.717) is 6.42 Å². The topological polar surface area (TPSA) is 49.3 Å². The first-order valence-electron chi connectivity index (χ1n) is 5.20. The molecule has 0 heterocycles. The second kappa shape index (κ2) is 9.52. The largest absolute Gasteiger partial charge is 0.481 e. The first kappa shape index (κ1) is 12.4. The van der Waals surface area contributed by atoms with Crippen LogP contribution in [0.2, 0.25) is 0 Å². The number of nitrogens with one attached hydrogen (secondary N) is 1. The first-order chi connectivity index (χ1) is 6.27. The molecule has 0 fully saturated rings. The molecular weight excluding hydrogens is 166 g/mol. The van der Waals surface area contributed by atoms with E-state index in [-0.39, 0.29) is 0 Å². The van der Waals surface area contributed by atoms with Gasteiger partial charge in [0.2, 0.25) is 0 Å². The van der Waals surface area contributed by atoms with E-state index in [4.69, 9.17) is 5.11 Å². The van der Waals surface area contributed by atoms with Gasteiger partial charge in [-0.1, -0.05) is 19.8 Å². The molecule has 0 aliphatic heterocycles. The van der Waals surface area contributed by atoms with E-state index in [1.807, 2.05) is 0 Å². The highest BCUT2D eigenvalue weighted by atomic mass is 16.4. The van der Waals surface area contributed by atoms with Crippen molar-refractivity contribution in [1.82, 2.24) is 5.32 Å². The molecule has 0 saturated carbocycles. The van der Waals surface area contributed by atoms with E-state index in [9.17, 15) is 4.79 Å². The Morgan fingerprint density at radius 1 is 1.15 bits per heavy atom. The Morgan fingerprint density at radius 3 is 2.46 bits per heavy atom. The molecule has 2 N–H and O–H groups in total. The molecule has 0 aromatic rings. The third-order valence-electron chi connectivity index (χ3n) is 1.95. The molecule has 0 atom stereocenters. The molecule has 3 heteroatoms. The fourth-order valence-electron chi connectivity index (χ4n) is 1.13. The SMILES string of the molecule is CCCCNCCCCCC(=O)O. The lowest BCUT2D eigenvalue weighted by Gasteiger charge is -2.02. The summed E-state index contributed by atoms with van der Waals surface area (Å²) >= 11 is 0. The monoisotopic (exact) mass is 187 g/mol. The predicted molar refractivity (Wildman–Crippen MR) is 53.9 cm³/mol. The van der Waals surface area contributed by atoms with Crippen molar-refractivity contribution in [2.24, 2.45) is 0 Å². The number of unbranched alkanes of at least 4 members (excludes halogenated alkanes) is 3. The first-order valence-corrected chi connectivity index (χ1v) is 5.20. The van der Waals surface area contributed by atoms with Crippen molar-refractivity contribution >= 4 is 5.97 Å². The molecule has 13 heavy (non-hydrogen) atoms. The highest BCUT2D eigenvalue weighted by Gasteiger charge is 1.95. The zero-order valence-electron chi connectivity index (χ0n) is 8.51. The van der Waals surface area contributed by atoms with Gasteiger partial charge in [0.25, 0.3) is 0 Å². The van der Waals surface area contributed by atoms with Crippen molar-refractivity contribution in [3.63, 3.8) is 0 Å². The van der Waals surface area contributed by atoms with Crippen molar-refractivity contribution in [1.29, 1.82) is 0 Å². The van der Waals surface area contributed by atoms with Crippen LogP contribution in [0.25, 0.3) is 0 Å². The summed E-state index contributed by atoms with van der Waals surface area (Å²) in [5.74, 6) is -0.682. The van der Waals surface area contributed by atoms with Gasteiger partial charge in [-0.25, -0.2) is 0 Å². The van der Waals surface area contributed by atoms with E-state index < -0.39 is 5.97 Å². The Kier molecular flexibility index (Phi) is 9.10. The smallest absolute Gasteiger partial charge is 0.303 e. The Bertz CT molecular complexity index is 126. The van der Waals surface area contributed by atoms with Crippen LogP contribution in [0.15, 0.2) is 0 Å². The average molecular weight is 187 g/mol. The minimum Gasteiger partial charge on any atom is -0.481 e. The van der Waals surface area contributed by atoms with Crippen LogP contribution in [0, 0.1) is 0 Å². The third kappa shape index (κ3) is 11.4. The summed E-state index contributed by atoms with van der Waals surface area (Å²) in [7, 11) is 0. The van der Waals surface area contributed by atoms with Gasteiger partial charge in [-0.3, -0.25) is 4.79 Å². The minimum absolute atomic E-state index is 0.314. The fourth-order valence-corrected chi connectivity index (χ4v) is 1.13. The van der Waals surface area contributed by atoms with Gasteiger partial charge in [0.05, 0.1) is 0 Å². The molecule has 0 saturated heterocycles. The van der Waals surface area contributed by atoms with Crippen LogP contribution in [0.3, 0.4) is 0 Å². The van der Waals surface area contributed by atoms with Crippen LogP contribution >= 0.6 is 0 Å². The number of carbonyl (C=O) groups is 1. The summed E-state index contributed by atoms with van der Waals surface area (Å²) in [5, 5.41) is 11.7. The lowest BCUT2D eigenvalue weighted by molar-refractivity contribution is -0.137. The summed E-state index contributed by atoms with van der Waals surface area (Å²) in [6.45, 7) is 4.30. The van der Waals surface area contributed by atoms with Gasteiger partial charge in [0.15, 0.2) is 0 Å². The van der Waals surface area contributed by atoms with Crippen molar-refractivity contribution in [2.75, 3.05) is 13.1 Å². The summed E-state index contributed by atoms with van der Waals surface area (Å²) < 4.78 is 0. The highest BCUT2D eigenvalue weighted by molar-refractivity contribution is 5.66. The number of aliphatic carboxylic acids is 1. The van der Waals surface area contributed by atoms with Crippen molar-refractivity contribution in [3.8, 4) is 0 Å². The van der Waals surface area contributed by atoms with Gasteiger partial charge >= 0.3 is 5.97 Å². The maximum absolute atomic E-state index is 10.2. The summed E-state index contributed by atoms with van der Waals surface area (Å²) in [6, 6.07) is 0. The van der Waals surface area contributed by atoms with E-state index in [1.54, 1.807) is 0 Å². The molecule has 0 spiro atoms. The normalized spacial score (nSPS) is 10.2. The Balaban J connectivity index is 2.87. The lowest BCUT2D eigenvalue weighted by Crippen LogP contribution is -2.16. The van der Waals surface area contributed by atoms with Crippen molar-refractivity contribution in [3.05, 3.63) is 0 Å². The van der Waals surface area contributed by atoms with Gasteiger partial charge < -0.3 is 10.4 Å². The Labute approximate surface area is 80.5 Å². The zero-order valence-corrected chi connectivity index (χ0v) is 8.51. The van der Waals surface area contributed by atoms with Gasteiger partial charge in [-0.2, -0.15) is 0 Å². The average Bonchev–Trinajstić information content (AvgIpc) is 2.09. The Hall–Kier alpha value is -0.570. The van der Waals surface area contributed by atoms with Crippen molar-refractivity contribution < 1.29 is 9.90 Å². The van der Waals surface area contributed by atoms with E-state index in [2.05, 4.69) is 12.2 Å². The number of carboxylic acid groups (broad SMARTS) is 1. The standard InChI is InChI=1S/C10H21NO2/c1-2-3-8-11-9-6-4-5-7-10(12)13/h11H,2-9H2,1H3,(H,12,13). The van der Waals surface area contributed by atoms with Crippen molar-refractivity contribution in [2.45, 2.75) is 45.4 Å². The molecule has 0 unspecified atom stereocenters. The van der Waals surface area contributed by atoms with Gasteiger partial charge in [-0.05, 0) is 32.4 Å². The summed E-state index contributed by atoms with van der Waals surface area (Å²) in [5.41, 5.74) is 0. The second-order valence-corrected chi connectivity index (χ2v) is 3.31. The number of hydrogen-bond acceptors (Lipinski definition) is 2. The lowest BCUT2D eigenvalue weighted by atomic mass is 10.2. The molecule has 0 aromatic heterocycles. The summed E-state index contributed by atoms with van der Waals surface area (Å²) in [4.78, 5) is 10.2. The molecule has 0 amide bonds. The molecule has 0 aromatic carbocycles. The maximum Gasteiger partial charge on any atom is 0.303 e. The van der Waals surface area contributed by atoms with Crippen LogP contribution < -0.4 is 5.32 Å². The molecule has 0 bridgehead atoms. The second-order valence-electron chi connectivity index (χ2n) is 3.31. The fraction of sp³-hybridized carbons (Fsp3) is 0.900. The molecular formula is C10H21NO2.